The van der Waals surface area contributed by atoms with Crippen molar-refractivity contribution >= 4 is 77.3 Å². The van der Waals surface area contributed by atoms with E-state index in [9.17, 15) is 9.59 Å². The first kappa shape index (κ1) is 22.9. The third-order valence-corrected chi connectivity index (χ3v) is 7.37. The Morgan fingerprint density at radius 3 is 2.24 bits per heavy atom. The van der Waals surface area contributed by atoms with Gasteiger partial charge in [-0.1, -0.05) is 54.6 Å². The van der Waals surface area contributed by atoms with Crippen LogP contribution < -0.4 is 9.64 Å². The lowest BCUT2D eigenvalue weighted by Gasteiger charge is -2.12. The van der Waals surface area contributed by atoms with Crippen molar-refractivity contribution in [3.05, 3.63) is 110 Å². The summed E-state index contributed by atoms with van der Waals surface area (Å²) in [6, 6.07) is 27.1. The molecule has 1 fully saturated rings. The number of para-hydroxylation sites is 1. The van der Waals surface area contributed by atoms with Gasteiger partial charge in [-0.3, -0.25) is 9.59 Å². The zero-order valence-corrected chi connectivity index (χ0v) is 21.7. The van der Waals surface area contributed by atoms with E-state index in [-0.39, 0.29) is 11.1 Å². The van der Waals surface area contributed by atoms with Crippen LogP contribution in [0.4, 0.5) is 10.5 Å². The molecule has 4 nitrogen and oxygen atoms in total. The lowest BCUT2D eigenvalue weighted by molar-refractivity contribution is -0.113. The van der Waals surface area contributed by atoms with Gasteiger partial charge in [0.15, 0.2) is 0 Å². The van der Waals surface area contributed by atoms with Gasteiger partial charge in [-0.15, -0.1) is 0 Å². The highest BCUT2D eigenvalue weighted by Crippen LogP contribution is 2.39. The van der Waals surface area contributed by atoms with Crippen LogP contribution in [0.5, 0.6) is 5.75 Å². The maximum atomic E-state index is 12.9. The molecule has 1 saturated heterocycles. The molecular formula is C27H17Br2NO3S. The molecule has 2 amide bonds. The van der Waals surface area contributed by atoms with Gasteiger partial charge in [-0.2, -0.15) is 0 Å². The first-order chi connectivity index (χ1) is 16.5. The van der Waals surface area contributed by atoms with E-state index in [0.29, 0.717) is 22.9 Å². The van der Waals surface area contributed by atoms with E-state index in [1.54, 1.807) is 30.3 Å². The number of carbonyl (C=O) groups excluding carboxylic acids is 2. The largest absolute Gasteiger partial charge is 0.487 e. The van der Waals surface area contributed by atoms with Crippen LogP contribution in [-0.2, 0) is 11.4 Å². The SMILES string of the molecule is O=C1S/C(=C\c2cc(Br)c(OCc3ccc4ccccc4c3)c(Br)c2)C(=O)N1c1ccccc1. The van der Waals surface area contributed by atoms with Gasteiger partial charge in [0.25, 0.3) is 11.1 Å². The van der Waals surface area contributed by atoms with Gasteiger partial charge < -0.3 is 4.74 Å². The van der Waals surface area contributed by atoms with Crippen LogP contribution in [0, 0.1) is 0 Å². The van der Waals surface area contributed by atoms with Gasteiger partial charge in [-0.25, -0.2) is 4.90 Å². The minimum atomic E-state index is -0.329. The van der Waals surface area contributed by atoms with Gasteiger partial charge in [0.2, 0.25) is 0 Å². The number of anilines is 1. The molecule has 0 unspecified atom stereocenters. The lowest BCUT2D eigenvalue weighted by atomic mass is 10.1. The molecule has 0 radical (unpaired) electrons. The number of benzene rings is 4. The Kier molecular flexibility index (Phi) is 6.59. The van der Waals surface area contributed by atoms with E-state index in [1.165, 1.54) is 15.7 Å². The average molecular weight is 595 g/mol. The second kappa shape index (κ2) is 9.78. The number of ether oxygens (including phenoxy) is 1. The van der Waals surface area contributed by atoms with E-state index in [4.69, 9.17) is 4.74 Å². The van der Waals surface area contributed by atoms with E-state index >= 15 is 0 Å². The monoisotopic (exact) mass is 593 g/mol. The quantitative estimate of drug-likeness (QED) is 0.219. The molecule has 0 aliphatic carbocycles. The number of halogens is 2. The van der Waals surface area contributed by atoms with E-state index in [2.05, 4.69) is 62.2 Å². The molecule has 0 aromatic heterocycles. The Hall–Kier alpha value is -2.87. The molecule has 34 heavy (non-hydrogen) atoms. The Morgan fingerprint density at radius 1 is 0.824 bits per heavy atom. The standard InChI is InChI=1S/C27H17Br2NO3S/c28-22-13-18(15-24-26(31)30(27(32)34-24)21-8-2-1-3-9-21)14-23(29)25(22)33-16-17-10-11-19-6-4-5-7-20(19)12-17/h1-15H,16H2/b24-15-. The summed E-state index contributed by atoms with van der Waals surface area (Å²) in [6.45, 7) is 0.414. The molecule has 0 atom stereocenters. The molecule has 168 valence electrons. The van der Waals surface area contributed by atoms with Crippen LogP contribution in [0.2, 0.25) is 0 Å². The van der Waals surface area contributed by atoms with E-state index in [1.807, 2.05) is 30.3 Å². The van der Waals surface area contributed by atoms with Crippen molar-refractivity contribution in [2.45, 2.75) is 6.61 Å². The predicted molar refractivity (Wildman–Crippen MR) is 145 cm³/mol. The smallest absolute Gasteiger partial charge is 0.298 e. The number of hydrogen-bond acceptors (Lipinski definition) is 4. The minimum Gasteiger partial charge on any atom is -0.487 e. The maximum absolute atomic E-state index is 12.9. The molecule has 4 aromatic carbocycles. The second-order valence-electron chi connectivity index (χ2n) is 7.64. The van der Waals surface area contributed by atoms with Crippen LogP contribution in [0.25, 0.3) is 16.8 Å². The Labute approximate surface area is 217 Å². The first-order valence-electron chi connectivity index (χ1n) is 10.4. The molecule has 4 aromatic rings. The predicted octanol–water partition coefficient (Wildman–Crippen LogP) is 8.18. The highest BCUT2D eigenvalue weighted by molar-refractivity contribution is 9.11. The van der Waals surface area contributed by atoms with Crippen molar-refractivity contribution in [2.24, 2.45) is 0 Å². The van der Waals surface area contributed by atoms with Crippen molar-refractivity contribution in [3.63, 3.8) is 0 Å². The summed E-state index contributed by atoms with van der Waals surface area (Å²) in [5, 5.41) is 2.05. The van der Waals surface area contributed by atoms with Crippen LogP contribution in [0.1, 0.15) is 11.1 Å². The summed E-state index contributed by atoms with van der Waals surface area (Å²) in [6.07, 6.45) is 1.72. The average Bonchev–Trinajstić information content (AvgIpc) is 3.11. The number of fused-ring (bicyclic) bond motifs is 1. The summed E-state index contributed by atoms with van der Waals surface area (Å²) in [5.74, 6) is 0.341. The highest BCUT2D eigenvalue weighted by Gasteiger charge is 2.36. The molecule has 5 rings (SSSR count). The van der Waals surface area contributed by atoms with Crippen molar-refractivity contribution in [3.8, 4) is 5.75 Å². The molecular weight excluding hydrogens is 578 g/mol. The Morgan fingerprint density at radius 2 is 1.50 bits per heavy atom. The summed E-state index contributed by atoms with van der Waals surface area (Å²) in [4.78, 5) is 26.9. The van der Waals surface area contributed by atoms with Crippen molar-refractivity contribution in [1.29, 1.82) is 0 Å². The molecule has 0 spiro atoms. The van der Waals surface area contributed by atoms with Gasteiger partial charge in [0.1, 0.15) is 12.4 Å². The minimum absolute atomic E-state index is 0.309. The van der Waals surface area contributed by atoms with Crippen LogP contribution in [0.3, 0.4) is 0 Å². The molecule has 0 saturated carbocycles. The van der Waals surface area contributed by atoms with Gasteiger partial charge in [0.05, 0.1) is 19.5 Å². The van der Waals surface area contributed by atoms with Gasteiger partial charge >= 0.3 is 0 Å². The number of thioether (sulfide) groups is 1. The third kappa shape index (κ3) is 4.69. The number of carbonyl (C=O) groups is 2. The Balaban J connectivity index is 1.35. The number of amides is 2. The number of imide groups is 1. The Bertz CT molecular complexity index is 1430. The number of nitrogens with zero attached hydrogens (tertiary/aromatic N) is 1. The topological polar surface area (TPSA) is 46.6 Å². The number of hydrogen-bond donors (Lipinski definition) is 0. The fraction of sp³-hybridized carbons (Fsp3) is 0.0370. The fourth-order valence-corrected chi connectivity index (χ4v) is 6.00. The van der Waals surface area contributed by atoms with Crippen molar-refractivity contribution in [2.75, 3.05) is 4.90 Å². The summed E-state index contributed by atoms with van der Waals surface area (Å²) in [5.41, 5.74) is 2.40. The normalized spacial score (nSPS) is 14.9. The molecule has 1 aliphatic heterocycles. The zero-order chi connectivity index (χ0) is 23.7. The van der Waals surface area contributed by atoms with E-state index < -0.39 is 0 Å². The zero-order valence-electron chi connectivity index (χ0n) is 17.7. The van der Waals surface area contributed by atoms with E-state index in [0.717, 1.165) is 31.8 Å². The molecule has 0 bridgehead atoms. The third-order valence-electron chi connectivity index (χ3n) is 5.32. The fourth-order valence-electron chi connectivity index (χ4n) is 3.70. The number of rotatable bonds is 5. The molecule has 1 heterocycles. The first-order valence-corrected chi connectivity index (χ1v) is 12.8. The lowest BCUT2D eigenvalue weighted by Crippen LogP contribution is -2.27. The summed E-state index contributed by atoms with van der Waals surface area (Å²) in [7, 11) is 0. The van der Waals surface area contributed by atoms with Crippen LogP contribution in [0.15, 0.2) is 98.8 Å². The van der Waals surface area contributed by atoms with Gasteiger partial charge in [0, 0.05) is 0 Å². The van der Waals surface area contributed by atoms with Crippen molar-refractivity contribution in [1.82, 2.24) is 0 Å². The summed E-state index contributed by atoms with van der Waals surface area (Å²) >= 11 is 8.10. The van der Waals surface area contributed by atoms with Crippen LogP contribution >= 0.6 is 43.6 Å². The molecule has 0 N–H and O–H groups in total. The molecule has 7 heteroatoms. The molecule has 1 aliphatic rings. The second-order valence-corrected chi connectivity index (χ2v) is 10.3. The maximum Gasteiger partial charge on any atom is 0.298 e. The van der Waals surface area contributed by atoms with Crippen LogP contribution in [-0.4, -0.2) is 11.1 Å². The van der Waals surface area contributed by atoms with Crippen molar-refractivity contribution < 1.29 is 14.3 Å². The van der Waals surface area contributed by atoms with Gasteiger partial charge in [-0.05, 0) is 102 Å². The highest BCUT2D eigenvalue weighted by atomic mass is 79.9. The summed E-state index contributed by atoms with van der Waals surface area (Å²) < 4.78 is 7.58.